The summed E-state index contributed by atoms with van der Waals surface area (Å²) in [4.78, 5) is 39.6. The Hall–Kier alpha value is -3.35. The topological polar surface area (TPSA) is 95.9 Å². The third-order valence-electron chi connectivity index (χ3n) is 8.42. The summed E-state index contributed by atoms with van der Waals surface area (Å²) < 4.78 is 5.72. The zero-order chi connectivity index (χ0) is 24.7. The van der Waals surface area contributed by atoms with Crippen LogP contribution in [0.2, 0.25) is 0 Å². The first-order valence-corrected chi connectivity index (χ1v) is 12.5. The van der Waals surface area contributed by atoms with Gasteiger partial charge in [0.2, 0.25) is 5.91 Å². The number of benzene rings is 2. The lowest BCUT2D eigenvalue weighted by atomic mass is 9.82. The van der Waals surface area contributed by atoms with E-state index in [1.54, 1.807) is 11.8 Å². The Bertz CT molecular complexity index is 1120. The van der Waals surface area contributed by atoms with Crippen molar-refractivity contribution in [2.75, 3.05) is 13.2 Å². The van der Waals surface area contributed by atoms with Crippen LogP contribution in [0.15, 0.2) is 48.5 Å². The molecule has 1 heterocycles. The highest BCUT2D eigenvalue weighted by Crippen LogP contribution is 2.45. The summed E-state index contributed by atoms with van der Waals surface area (Å²) in [6.45, 7) is 4.35. The van der Waals surface area contributed by atoms with E-state index < -0.39 is 23.4 Å². The second-order valence-corrected chi connectivity index (χ2v) is 10.3. The monoisotopic (exact) mass is 476 g/mol. The van der Waals surface area contributed by atoms with Crippen LogP contribution in [0.1, 0.15) is 56.6 Å². The van der Waals surface area contributed by atoms with Crippen LogP contribution in [0.5, 0.6) is 0 Å². The quantitative estimate of drug-likeness (QED) is 0.667. The number of carboxylic acids is 1. The van der Waals surface area contributed by atoms with Crippen molar-refractivity contribution >= 4 is 18.0 Å². The number of rotatable bonds is 5. The van der Waals surface area contributed by atoms with Gasteiger partial charge in [-0.05, 0) is 55.4 Å². The van der Waals surface area contributed by atoms with Crippen LogP contribution in [0, 0.1) is 11.3 Å². The van der Waals surface area contributed by atoms with Gasteiger partial charge in [0.25, 0.3) is 0 Å². The van der Waals surface area contributed by atoms with Gasteiger partial charge in [0, 0.05) is 24.5 Å². The van der Waals surface area contributed by atoms with Crippen molar-refractivity contribution in [2.45, 2.75) is 57.5 Å². The van der Waals surface area contributed by atoms with Gasteiger partial charge < -0.3 is 20.1 Å². The molecule has 35 heavy (non-hydrogen) atoms. The van der Waals surface area contributed by atoms with Gasteiger partial charge in [-0.3, -0.25) is 9.59 Å². The fourth-order valence-electron chi connectivity index (χ4n) is 6.32. The fourth-order valence-corrected chi connectivity index (χ4v) is 6.32. The average Bonchev–Trinajstić information content (AvgIpc) is 3.51. The number of hydrogen-bond donors (Lipinski definition) is 2. The number of hydrogen-bond acceptors (Lipinski definition) is 4. The van der Waals surface area contributed by atoms with Gasteiger partial charge in [0.15, 0.2) is 0 Å². The van der Waals surface area contributed by atoms with Gasteiger partial charge in [-0.2, -0.15) is 0 Å². The lowest BCUT2D eigenvalue weighted by Gasteiger charge is -2.36. The lowest BCUT2D eigenvalue weighted by Crippen LogP contribution is -2.53. The molecule has 2 N–H and O–H groups in total. The largest absolute Gasteiger partial charge is 0.481 e. The number of nitrogens with zero attached hydrogens (tertiary/aromatic N) is 1. The molecule has 2 aromatic rings. The first-order chi connectivity index (χ1) is 16.8. The highest BCUT2D eigenvalue weighted by Gasteiger charge is 2.51. The number of alkyl carbamates (subject to hydrolysis) is 1. The number of nitrogens with one attached hydrogen (secondary N) is 1. The smallest absolute Gasteiger partial charge is 0.407 e. The molecule has 2 aliphatic carbocycles. The molecular formula is C28H32N2O5. The molecule has 7 heteroatoms. The molecule has 0 aromatic heterocycles. The molecule has 0 bridgehead atoms. The molecule has 3 aliphatic rings. The normalized spacial score (nSPS) is 27.4. The number of fused-ring (bicyclic) bond motifs is 3. The van der Waals surface area contributed by atoms with Crippen molar-refractivity contribution in [1.29, 1.82) is 0 Å². The van der Waals surface area contributed by atoms with Crippen LogP contribution in [-0.2, 0) is 14.3 Å². The minimum atomic E-state index is -0.863. The van der Waals surface area contributed by atoms with Crippen molar-refractivity contribution in [1.82, 2.24) is 10.2 Å². The second-order valence-electron chi connectivity index (χ2n) is 10.3. The van der Waals surface area contributed by atoms with Gasteiger partial charge in [0.1, 0.15) is 6.61 Å². The van der Waals surface area contributed by atoms with E-state index in [-0.39, 0.29) is 30.5 Å². The Morgan fingerprint density at radius 2 is 1.69 bits per heavy atom. The molecule has 4 unspecified atom stereocenters. The van der Waals surface area contributed by atoms with Crippen molar-refractivity contribution in [3.05, 3.63) is 59.7 Å². The number of amides is 2. The molecule has 1 saturated carbocycles. The van der Waals surface area contributed by atoms with Crippen molar-refractivity contribution in [3.63, 3.8) is 0 Å². The van der Waals surface area contributed by atoms with Crippen LogP contribution >= 0.6 is 0 Å². The molecule has 5 rings (SSSR count). The van der Waals surface area contributed by atoms with Crippen molar-refractivity contribution in [2.24, 2.45) is 11.3 Å². The fraction of sp³-hybridized carbons (Fsp3) is 0.464. The van der Waals surface area contributed by atoms with Crippen LogP contribution in [-0.4, -0.2) is 53.2 Å². The molecule has 1 saturated heterocycles. The molecule has 7 nitrogen and oxygen atoms in total. The summed E-state index contributed by atoms with van der Waals surface area (Å²) in [7, 11) is 0. The molecular weight excluding hydrogens is 444 g/mol. The van der Waals surface area contributed by atoms with E-state index in [1.807, 2.05) is 31.2 Å². The second kappa shape index (κ2) is 9.02. The number of carbonyl (C=O) groups is 3. The van der Waals surface area contributed by atoms with Crippen molar-refractivity contribution < 1.29 is 24.2 Å². The zero-order valence-corrected chi connectivity index (χ0v) is 20.2. The summed E-state index contributed by atoms with van der Waals surface area (Å²) in [5.41, 5.74) is 3.88. The van der Waals surface area contributed by atoms with Gasteiger partial charge >= 0.3 is 12.1 Å². The summed E-state index contributed by atoms with van der Waals surface area (Å²) in [6.07, 6.45) is 2.11. The molecule has 2 aromatic carbocycles. The van der Waals surface area contributed by atoms with Crippen LogP contribution in [0.3, 0.4) is 0 Å². The maximum atomic E-state index is 13.5. The minimum absolute atomic E-state index is 0.0249. The van der Waals surface area contributed by atoms with Crippen LogP contribution in [0.4, 0.5) is 4.79 Å². The SMILES string of the molecule is CC1C(C(=O)O)CCN1C(=O)C1(C)CCCC1NC(=O)OCC1c2ccccc2-c2ccccc21. The Labute approximate surface area is 205 Å². The Balaban J connectivity index is 1.25. The summed E-state index contributed by atoms with van der Waals surface area (Å²) in [5.74, 6) is -1.51. The van der Waals surface area contributed by atoms with E-state index in [4.69, 9.17) is 4.74 Å². The van der Waals surface area contributed by atoms with Gasteiger partial charge in [-0.1, -0.05) is 55.0 Å². The first kappa shape index (κ1) is 23.4. The number of ether oxygens (including phenoxy) is 1. The van der Waals surface area contributed by atoms with E-state index in [2.05, 4.69) is 29.6 Å². The average molecular weight is 477 g/mol. The van der Waals surface area contributed by atoms with Gasteiger partial charge in [-0.25, -0.2) is 4.79 Å². The Morgan fingerprint density at radius 3 is 2.29 bits per heavy atom. The molecule has 2 amide bonds. The minimum Gasteiger partial charge on any atom is -0.481 e. The molecule has 1 aliphatic heterocycles. The molecule has 184 valence electrons. The van der Waals surface area contributed by atoms with E-state index >= 15 is 0 Å². The van der Waals surface area contributed by atoms with Crippen LogP contribution in [0.25, 0.3) is 11.1 Å². The first-order valence-electron chi connectivity index (χ1n) is 12.5. The van der Waals surface area contributed by atoms with E-state index in [9.17, 15) is 19.5 Å². The highest BCUT2D eigenvalue weighted by atomic mass is 16.5. The number of carbonyl (C=O) groups excluding carboxylic acids is 2. The third kappa shape index (κ3) is 3.97. The molecule has 0 spiro atoms. The molecule has 4 atom stereocenters. The standard InChI is InChI=1S/C28H32N2O5/c1-17-18(25(31)32)13-15-30(17)26(33)28(2)14-7-12-24(28)29-27(34)35-16-23-21-10-5-3-8-19(21)20-9-4-6-11-22(20)23/h3-6,8-11,17-18,23-24H,7,12-16H2,1-2H3,(H,29,34)(H,31,32). The van der Waals surface area contributed by atoms with Gasteiger partial charge in [0.05, 0.1) is 11.3 Å². The lowest BCUT2D eigenvalue weighted by molar-refractivity contribution is -0.146. The number of aliphatic carboxylic acids is 1. The van der Waals surface area contributed by atoms with Crippen molar-refractivity contribution in [3.8, 4) is 11.1 Å². The predicted octanol–water partition coefficient (Wildman–Crippen LogP) is 4.41. The molecule has 0 radical (unpaired) electrons. The number of likely N-dealkylation sites (tertiary alicyclic amines) is 1. The number of carboxylic acid groups (broad SMARTS) is 1. The zero-order valence-electron chi connectivity index (χ0n) is 20.2. The predicted molar refractivity (Wildman–Crippen MR) is 131 cm³/mol. The van der Waals surface area contributed by atoms with E-state index in [1.165, 1.54) is 11.1 Å². The maximum Gasteiger partial charge on any atom is 0.407 e. The maximum absolute atomic E-state index is 13.5. The summed E-state index contributed by atoms with van der Waals surface area (Å²) in [5, 5.41) is 12.4. The van der Waals surface area contributed by atoms with Crippen LogP contribution < -0.4 is 5.32 Å². The highest BCUT2D eigenvalue weighted by molar-refractivity contribution is 5.86. The van der Waals surface area contributed by atoms with Gasteiger partial charge in [-0.15, -0.1) is 0 Å². The summed E-state index contributed by atoms with van der Waals surface area (Å²) >= 11 is 0. The summed E-state index contributed by atoms with van der Waals surface area (Å²) in [6, 6.07) is 15.7. The van der Waals surface area contributed by atoms with E-state index in [0.29, 0.717) is 25.8 Å². The third-order valence-corrected chi connectivity index (χ3v) is 8.42. The Morgan fingerprint density at radius 1 is 1.06 bits per heavy atom. The van der Waals surface area contributed by atoms with E-state index in [0.717, 1.165) is 17.5 Å². The Kier molecular flexibility index (Phi) is 6.03. The molecule has 2 fully saturated rings.